The van der Waals surface area contributed by atoms with Gasteiger partial charge in [-0.3, -0.25) is 9.36 Å². The zero-order valence-electron chi connectivity index (χ0n) is 18.7. The van der Waals surface area contributed by atoms with Gasteiger partial charge in [-0.25, -0.2) is 9.79 Å². The van der Waals surface area contributed by atoms with Gasteiger partial charge in [0.2, 0.25) is 0 Å². The van der Waals surface area contributed by atoms with Gasteiger partial charge in [0.05, 0.1) is 41.1 Å². The third kappa shape index (κ3) is 4.39. The second-order valence-corrected chi connectivity index (χ2v) is 9.76. The Kier molecular flexibility index (Phi) is 7.15. The highest BCUT2D eigenvalue weighted by Gasteiger charge is 2.35. The number of hydrogen-bond acceptors (Lipinski definition) is 8. The van der Waals surface area contributed by atoms with E-state index in [1.807, 2.05) is 0 Å². The lowest BCUT2D eigenvalue weighted by atomic mass is 9.95. The van der Waals surface area contributed by atoms with Crippen LogP contribution in [-0.4, -0.2) is 31.4 Å². The van der Waals surface area contributed by atoms with Gasteiger partial charge in [0.25, 0.3) is 5.56 Å². The molecule has 178 valence electrons. The number of halogens is 2. The summed E-state index contributed by atoms with van der Waals surface area (Å²) in [6.45, 7) is 3.64. The summed E-state index contributed by atoms with van der Waals surface area (Å²) in [5, 5.41) is 0. The molecule has 0 fully saturated rings. The molecule has 11 heteroatoms. The lowest BCUT2D eigenvalue weighted by molar-refractivity contribution is -0.139. The predicted molar refractivity (Wildman–Crippen MR) is 134 cm³/mol. The SMILES string of the molecule is CCOC(=O)C1=C(C)N=c2s/c(=C/c3cc(Br)c(Br)o3)c(=O)n2[C@H]1c1cc(OC)ccc1OC. The Morgan fingerprint density at radius 2 is 2.03 bits per heavy atom. The Labute approximate surface area is 215 Å². The van der Waals surface area contributed by atoms with E-state index in [1.165, 1.54) is 23.0 Å². The van der Waals surface area contributed by atoms with Gasteiger partial charge in [0.15, 0.2) is 9.47 Å². The number of furan rings is 1. The highest BCUT2D eigenvalue weighted by molar-refractivity contribution is 9.13. The number of allylic oxidation sites excluding steroid dienone is 1. The average molecular weight is 612 g/mol. The number of carbonyl (C=O) groups is 1. The Balaban J connectivity index is 2.02. The molecule has 0 radical (unpaired) electrons. The predicted octanol–water partition coefficient (Wildman–Crippen LogP) is 3.93. The van der Waals surface area contributed by atoms with E-state index < -0.39 is 12.0 Å². The van der Waals surface area contributed by atoms with Gasteiger partial charge < -0.3 is 18.6 Å². The molecule has 1 aromatic carbocycles. The van der Waals surface area contributed by atoms with Crippen LogP contribution < -0.4 is 24.4 Å². The van der Waals surface area contributed by atoms with Crippen molar-refractivity contribution in [3.63, 3.8) is 0 Å². The summed E-state index contributed by atoms with van der Waals surface area (Å²) in [4.78, 5) is 31.7. The number of rotatable bonds is 6. The van der Waals surface area contributed by atoms with E-state index in [-0.39, 0.29) is 17.7 Å². The van der Waals surface area contributed by atoms with E-state index in [2.05, 4.69) is 36.9 Å². The van der Waals surface area contributed by atoms with Crippen LogP contribution in [0, 0.1) is 0 Å². The maximum Gasteiger partial charge on any atom is 0.338 e. The van der Waals surface area contributed by atoms with Crippen LogP contribution in [0.25, 0.3) is 6.08 Å². The summed E-state index contributed by atoms with van der Waals surface area (Å²) in [5.41, 5.74) is 0.979. The minimum Gasteiger partial charge on any atom is -0.497 e. The number of carbonyl (C=O) groups excluding carboxylic acids is 1. The molecule has 34 heavy (non-hydrogen) atoms. The van der Waals surface area contributed by atoms with Gasteiger partial charge in [-0.2, -0.15) is 0 Å². The van der Waals surface area contributed by atoms with Crippen LogP contribution in [0.5, 0.6) is 11.5 Å². The second-order valence-electron chi connectivity index (χ2n) is 7.18. The van der Waals surface area contributed by atoms with E-state index in [0.29, 0.717) is 42.5 Å². The van der Waals surface area contributed by atoms with Crippen molar-refractivity contribution in [3.8, 4) is 11.5 Å². The number of hydrogen-bond donors (Lipinski definition) is 0. The molecule has 0 N–H and O–H groups in total. The molecular weight excluding hydrogens is 592 g/mol. The van der Waals surface area contributed by atoms with Gasteiger partial charge in [-0.1, -0.05) is 11.3 Å². The molecule has 3 aromatic rings. The number of esters is 1. The lowest BCUT2D eigenvalue weighted by Gasteiger charge is -2.26. The quantitative estimate of drug-likeness (QED) is 0.392. The fourth-order valence-electron chi connectivity index (χ4n) is 3.70. The monoisotopic (exact) mass is 610 g/mol. The molecule has 2 aromatic heterocycles. The van der Waals surface area contributed by atoms with Gasteiger partial charge in [-0.15, -0.1) is 0 Å². The van der Waals surface area contributed by atoms with Crippen LogP contribution in [0.15, 0.2) is 58.9 Å². The minimum atomic E-state index is -0.822. The summed E-state index contributed by atoms with van der Waals surface area (Å²) in [6.07, 6.45) is 1.64. The molecule has 0 aliphatic carbocycles. The number of methoxy groups -OCH3 is 2. The number of ether oxygens (including phenoxy) is 3. The largest absolute Gasteiger partial charge is 0.497 e. The normalized spacial score (nSPS) is 15.7. The van der Waals surface area contributed by atoms with Crippen molar-refractivity contribution < 1.29 is 23.4 Å². The van der Waals surface area contributed by atoms with Crippen LogP contribution >= 0.6 is 43.2 Å². The Hall–Kier alpha value is -2.63. The minimum absolute atomic E-state index is 0.185. The first-order valence-electron chi connectivity index (χ1n) is 10.2. The van der Waals surface area contributed by atoms with Crippen LogP contribution in [0.4, 0.5) is 0 Å². The molecule has 0 spiro atoms. The van der Waals surface area contributed by atoms with Crippen molar-refractivity contribution >= 4 is 55.2 Å². The van der Waals surface area contributed by atoms with Gasteiger partial charge in [-0.05, 0) is 70.0 Å². The Morgan fingerprint density at radius 3 is 2.65 bits per heavy atom. The number of aromatic nitrogens is 1. The van der Waals surface area contributed by atoms with E-state index >= 15 is 0 Å². The van der Waals surface area contributed by atoms with Crippen LogP contribution in [0.3, 0.4) is 0 Å². The van der Waals surface area contributed by atoms with Crippen molar-refractivity contribution in [2.24, 2.45) is 4.99 Å². The number of benzene rings is 1. The summed E-state index contributed by atoms with van der Waals surface area (Å²) in [6, 6.07) is 6.16. The third-order valence-electron chi connectivity index (χ3n) is 5.19. The lowest BCUT2D eigenvalue weighted by Crippen LogP contribution is -2.40. The van der Waals surface area contributed by atoms with Gasteiger partial charge in [0, 0.05) is 11.6 Å². The second kappa shape index (κ2) is 9.93. The summed E-state index contributed by atoms with van der Waals surface area (Å²) < 4.78 is 25.1. The molecule has 1 aliphatic rings. The van der Waals surface area contributed by atoms with E-state index in [4.69, 9.17) is 18.6 Å². The zero-order chi connectivity index (χ0) is 24.6. The molecular formula is C23H20Br2N2O6S. The fraction of sp³-hybridized carbons (Fsp3) is 0.261. The first-order chi connectivity index (χ1) is 16.3. The van der Waals surface area contributed by atoms with Crippen LogP contribution in [0.1, 0.15) is 31.2 Å². The van der Waals surface area contributed by atoms with Crippen molar-refractivity contribution in [1.82, 2.24) is 4.57 Å². The fourth-order valence-corrected chi connectivity index (χ4v) is 5.34. The molecule has 4 rings (SSSR count). The summed E-state index contributed by atoms with van der Waals surface area (Å²) in [7, 11) is 3.08. The molecule has 3 heterocycles. The summed E-state index contributed by atoms with van der Waals surface area (Å²) in [5.74, 6) is 0.990. The topological polar surface area (TPSA) is 92.3 Å². The van der Waals surface area contributed by atoms with Crippen molar-refractivity contribution in [2.75, 3.05) is 20.8 Å². The maximum atomic E-state index is 13.7. The molecule has 8 nitrogen and oxygen atoms in total. The van der Waals surface area contributed by atoms with Crippen LogP contribution in [-0.2, 0) is 9.53 Å². The standard InChI is InChI=1S/C23H20Br2N2O6S/c1-5-32-22(29)18-11(2)26-23-27(19(18)14-8-12(30-3)6-7-16(14)31-4)21(28)17(34-23)10-13-9-15(24)20(25)33-13/h6-10,19H,5H2,1-4H3/b17-10+/t19-/m0/s1. The van der Waals surface area contributed by atoms with Gasteiger partial charge in [0.1, 0.15) is 23.3 Å². The third-order valence-corrected chi connectivity index (χ3v) is 7.88. The summed E-state index contributed by atoms with van der Waals surface area (Å²) >= 11 is 7.89. The van der Waals surface area contributed by atoms with E-state index in [0.717, 1.165) is 4.47 Å². The van der Waals surface area contributed by atoms with Crippen molar-refractivity contribution in [2.45, 2.75) is 19.9 Å². The molecule has 0 unspecified atom stereocenters. The van der Waals surface area contributed by atoms with Crippen LogP contribution in [0.2, 0.25) is 0 Å². The number of fused-ring (bicyclic) bond motifs is 1. The first-order valence-corrected chi connectivity index (χ1v) is 12.6. The molecule has 0 saturated heterocycles. The molecule has 1 atom stereocenters. The average Bonchev–Trinajstić information content (AvgIpc) is 3.29. The zero-order valence-corrected chi connectivity index (χ0v) is 22.7. The van der Waals surface area contributed by atoms with E-state index in [1.54, 1.807) is 51.3 Å². The number of nitrogens with zero attached hydrogens (tertiary/aromatic N) is 2. The van der Waals surface area contributed by atoms with E-state index in [9.17, 15) is 9.59 Å². The molecule has 1 aliphatic heterocycles. The number of thiazole rings is 1. The Bertz CT molecular complexity index is 1460. The smallest absolute Gasteiger partial charge is 0.338 e. The highest BCUT2D eigenvalue weighted by atomic mass is 79.9. The maximum absolute atomic E-state index is 13.7. The Morgan fingerprint density at radius 1 is 1.26 bits per heavy atom. The molecule has 0 saturated carbocycles. The molecule has 0 bridgehead atoms. The first kappa shape index (κ1) is 24.5. The van der Waals surface area contributed by atoms with Gasteiger partial charge >= 0.3 is 5.97 Å². The van der Waals surface area contributed by atoms with Crippen molar-refractivity contribution in [1.29, 1.82) is 0 Å². The molecule has 0 amide bonds. The highest BCUT2D eigenvalue weighted by Crippen LogP contribution is 2.37. The van der Waals surface area contributed by atoms with Crippen molar-refractivity contribution in [3.05, 3.63) is 75.7 Å².